The zero-order chi connectivity index (χ0) is 13.2. The van der Waals surface area contributed by atoms with E-state index in [4.69, 9.17) is 0 Å². The average Bonchev–Trinajstić information content (AvgIpc) is 3.24. The summed E-state index contributed by atoms with van der Waals surface area (Å²) < 4.78 is 0.960. The molecule has 0 aromatic carbocycles. The minimum atomic E-state index is 0.606. The molecule has 0 saturated heterocycles. The van der Waals surface area contributed by atoms with Gasteiger partial charge in [-0.25, -0.2) is 9.97 Å². The molecule has 1 fully saturated rings. The van der Waals surface area contributed by atoms with E-state index in [-0.39, 0.29) is 0 Å². The maximum absolute atomic E-state index is 4.65. The smallest absolute Gasteiger partial charge is 0.180 e. The van der Waals surface area contributed by atoms with Crippen LogP contribution in [0.1, 0.15) is 31.4 Å². The Morgan fingerprint density at radius 3 is 2.79 bits per heavy atom. The Balaban J connectivity index is 2.01. The predicted octanol–water partition coefficient (Wildman–Crippen LogP) is 3.61. The molecule has 1 saturated carbocycles. The van der Waals surface area contributed by atoms with E-state index in [1.54, 1.807) is 6.20 Å². The lowest BCUT2D eigenvalue weighted by Crippen LogP contribution is -2.04. The summed E-state index contributed by atoms with van der Waals surface area (Å²) >= 11 is 3.39. The largest absolute Gasteiger partial charge is 0.370 e. The van der Waals surface area contributed by atoms with Crippen LogP contribution in [0.5, 0.6) is 0 Å². The Morgan fingerprint density at radius 1 is 1.32 bits per heavy atom. The average molecular weight is 319 g/mol. The van der Waals surface area contributed by atoms with E-state index in [9.17, 15) is 0 Å². The molecule has 0 bridgehead atoms. The van der Waals surface area contributed by atoms with Gasteiger partial charge in [0, 0.05) is 34.9 Å². The summed E-state index contributed by atoms with van der Waals surface area (Å²) in [5, 5.41) is 3.26. The number of halogens is 1. The van der Waals surface area contributed by atoms with Crippen molar-refractivity contribution in [1.29, 1.82) is 0 Å². The van der Waals surface area contributed by atoms with Crippen LogP contribution in [-0.2, 0) is 0 Å². The summed E-state index contributed by atoms with van der Waals surface area (Å²) in [7, 11) is 0. The van der Waals surface area contributed by atoms with Gasteiger partial charge in [0.25, 0.3) is 0 Å². The van der Waals surface area contributed by atoms with Crippen molar-refractivity contribution in [2.75, 3.05) is 11.9 Å². The molecule has 1 aliphatic rings. The molecule has 3 rings (SSSR count). The summed E-state index contributed by atoms with van der Waals surface area (Å²) in [4.78, 5) is 13.6. The van der Waals surface area contributed by atoms with E-state index in [1.807, 2.05) is 12.1 Å². The Morgan fingerprint density at radius 2 is 2.16 bits per heavy atom. The van der Waals surface area contributed by atoms with Crippen LogP contribution < -0.4 is 5.32 Å². The predicted molar refractivity (Wildman–Crippen MR) is 79.1 cm³/mol. The maximum Gasteiger partial charge on any atom is 0.180 e. The number of nitrogens with one attached hydrogen (secondary N) is 1. The summed E-state index contributed by atoms with van der Waals surface area (Å²) in [5.74, 6) is 2.20. The van der Waals surface area contributed by atoms with Crippen molar-refractivity contribution < 1.29 is 0 Å². The monoisotopic (exact) mass is 318 g/mol. The van der Waals surface area contributed by atoms with Crippen molar-refractivity contribution in [2.24, 2.45) is 0 Å². The number of pyridine rings is 1. The first-order valence-electron chi connectivity index (χ1n) is 6.51. The normalized spacial score (nSPS) is 14.4. The first kappa shape index (κ1) is 12.5. The molecule has 5 heteroatoms. The lowest BCUT2D eigenvalue weighted by molar-refractivity contribution is 0.981. The van der Waals surface area contributed by atoms with E-state index in [1.165, 1.54) is 12.8 Å². The van der Waals surface area contributed by atoms with Crippen LogP contribution in [0.2, 0.25) is 0 Å². The highest BCUT2D eigenvalue weighted by molar-refractivity contribution is 9.10. The molecule has 0 spiro atoms. The second-order valence-electron chi connectivity index (χ2n) is 4.67. The van der Waals surface area contributed by atoms with Gasteiger partial charge in [0.2, 0.25) is 0 Å². The van der Waals surface area contributed by atoms with Gasteiger partial charge < -0.3 is 5.32 Å². The molecule has 2 aromatic heterocycles. The van der Waals surface area contributed by atoms with Crippen molar-refractivity contribution in [3.8, 4) is 11.5 Å². The molecule has 0 unspecified atom stereocenters. The van der Waals surface area contributed by atoms with Crippen molar-refractivity contribution >= 4 is 21.7 Å². The van der Waals surface area contributed by atoms with Gasteiger partial charge in [-0.1, -0.05) is 0 Å². The summed E-state index contributed by atoms with van der Waals surface area (Å²) in [6.45, 7) is 2.92. The quantitative estimate of drug-likeness (QED) is 0.935. The molecule has 2 heterocycles. The fourth-order valence-corrected chi connectivity index (χ4v) is 2.18. The van der Waals surface area contributed by atoms with Crippen LogP contribution >= 0.6 is 15.9 Å². The molecule has 4 nitrogen and oxygen atoms in total. The molecule has 2 aromatic rings. The van der Waals surface area contributed by atoms with Gasteiger partial charge in [-0.05, 0) is 47.8 Å². The molecule has 19 heavy (non-hydrogen) atoms. The van der Waals surface area contributed by atoms with Crippen LogP contribution in [0.3, 0.4) is 0 Å². The topological polar surface area (TPSA) is 50.7 Å². The number of hydrogen-bond acceptors (Lipinski definition) is 4. The van der Waals surface area contributed by atoms with Crippen LogP contribution in [0, 0.1) is 0 Å². The highest BCUT2D eigenvalue weighted by Crippen LogP contribution is 2.40. The van der Waals surface area contributed by atoms with E-state index in [0.717, 1.165) is 28.2 Å². The van der Waals surface area contributed by atoms with E-state index < -0.39 is 0 Å². The third kappa shape index (κ3) is 2.92. The van der Waals surface area contributed by atoms with Crippen LogP contribution in [-0.4, -0.2) is 21.5 Å². The summed E-state index contributed by atoms with van der Waals surface area (Å²) in [5.41, 5.74) is 1.94. The molecule has 0 radical (unpaired) electrons. The maximum atomic E-state index is 4.65. The Hall–Kier alpha value is -1.49. The Bertz CT molecular complexity index is 578. The summed E-state index contributed by atoms with van der Waals surface area (Å²) in [6, 6.07) is 5.96. The minimum Gasteiger partial charge on any atom is -0.370 e. The first-order chi connectivity index (χ1) is 9.26. The number of rotatable bonds is 4. The Kier molecular flexibility index (Phi) is 3.46. The molecule has 1 N–H and O–H groups in total. The van der Waals surface area contributed by atoms with Crippen molar-refractivity contribution in [3.63, 3.8) is 0 Å². The van der Waals surface area contributed by atoms with Gasteiger partial charge in [-0.2, -0.15) is 0 Å². The van der Waals surface area contributed by atoms with Gasteiger partial charge in [-0.15, -0.1) is 0 Å². The number of anilines is 1. The lowest BCUT2D eigenvalue weighted by atomic mass is 10.2. The number of hydrogen-bond donors (Lipinski definition) is 1. The number of aromatic nitrogens is 3. The zero-order valence-corrected chi connectivity index (χ0v) is 12.3. The molecule has 0 aliphatic heterocycles. The van der Waals surface area contributed by atoms with Gasteiger partial charge in [0.05, 0.1) is 0 Å². The van der Waals surface area contributed by atoms with Gasteiger partial charge in [0.1, 0.15) is 11.5 Å². The van der Waals surface area contributed by atoms with Gasteiger partial charge in [0.15, 0.2) is 5.82 Å². The molecule has 98 valence electrons. The highest BCUT2D eigenvalue weighted by atomic mass is 79.9. The van der Waals surface area contributed by atoms with E-state index in [2.05, 4.69) is 49.2 Å². The van der Waals surface area contributed by atoms with E-state index >= 15 is 0 Å². The highest BCUT2D eigenvalue weighted by Gasteiger charge is 2.26. The van der Waals surface area contributed by atoms with Crippen molar-refractivity contribution in [2.45, 2.75) is 25.7 Å². The SMILES string of the molecule is CCNc1cc(C2CC2)nc(-c2ccc(Br)cn2)n1. The van der Waals surface area contributed by atoms with Crippen LogP contribution in [0.4, 0.5) is 5.82 Å². The second-order valence-corrected chi connectivity index (χ2v) is 5.58. The zero-order valence-electron chi connectivity index (χ0n) is 10.7. The summed E-state index contributed by atoms with van der Waals surface area (Å²) in [6.07, 6.45) is 4.24. The van der Waals surface area contributed by atoms with Crippen molar-refractivity contribution in [1.82, 2.24) is 15.0 Å². The fourth-order valence-electron chi connectivity index (χ4n) is 1.95. The Labute approximate surface area is 120 Å². The molecule has 0 atom stereocenters. The third-order valence-electron chi connectivity index (χ3n) is 3.06. The minimum absolute atomic E-state index is 0.606. The van der Waals surface area contributed by atoms with Crippen LogP contribution in [0.15, 0.2) is 28.9 Å². The molecule has 1 aliphatic carbocycles. The first-order valence-corrected chi connectivity index (χ1v) is 7.30. The standard InChI is InChI=1S/C14H15BrN4/c1-2-16-13-7-12(9-3-4-9)18-14(19-13)11-6-5-10(15)8-17-11/h5-9H,2-4H2,1H3,(H,16,18,19). The van der Waals surface area contributed by atoms with Gasteiger partial charge in [-0.3, -0.25) is 4.98 Å². The molecular formula is C14H15BrN4. The third-order valence-corrected chi connectivity index (χ3v) is 3.53. The lowest BCUT2D eigenvalue weighted by Gasteiger charge is -2.08. The fraction of sp³-hybridized carbons (Fsp3) is 0.357. The van der Waals surface area contributed by atoms with Crippen molar-refractivity contribution in [3.05, 3.63) is 34.6 Å². The van der Waals surface area contributed by atoms with Gasteiger partial charge >= 0.3 is 0 Å². The second kappa shape index (κ2) is 5.25. The van der Waals surface area contributed by atoms with E-state index in [0.29, 0.717) is 11.7 Å². The molecule has 0 amide bonds. The van der Waals surface area contributed by atoms with Crippen LogP contribution in [0.25, 0.3) is 11.5 Å². The molecular weight excluding hydrogens is 304 g/mol. The number of nitrogens with zero attached hydrogens (tertiary/aromatic N) is 3.